The van der Waals surface area contributed by atoms with E-state index in [0.717, 1.165) is 24.6 Å². The van der Waals surface area contributed by atoms with Crippen molar-refractivity contribution in [3.63, 3.8) is 0 Å². The highest BCUT2D eigenvalue weighted by molar-refractivity contribution is 6.04. The van der Waals surface area contributed by atoms with Gasteiger partial charge in [-0.2, -0.15) is 0 Å². The number of hydrogen-bond acceptors (Lipinski definition) is 6. The third-order valence-electron chi connectivity index (χ3n) is 6.64. The number of rotatable bonds is 7. The first-order valence-corrected chi connectivity index (χ1v) is 12.5. The number of pyridine rings is 3. The second-order valence-corrected chi connectivity index (χ2v) is 9.35. The molecule has 8 nitrogen and oxygen atoms in total. The van der Waals surface area contributed by atoms with Crippen molar-refractivity contribution in [3.05, 3.63) is 106 Å². The molecule has 10 heteroatoms. The topological polar surface area (TPSA) is 106 Å². The van der Waals surface area contributed by atoms with Gasteiger partial charge in [0, 0.05) is 47.5 Å². The maximum Gasteiger partial charge on any atom is 0.261 e. The lowest BCUT2D eigenvalue weighted by molar-refractivity contribution is 0.102. The predicted octanol–water partition coefficient (Wildman–Crippen LogP) is 6.19. The highest BCUT2D eigenvalue weighted by Crippen LogP contribution is 2.42. The average molecular weight is 541 g/mol. The molecule has 6 rings (SSSR count). The number of aromatic amines is 1. The number of anilines is 1. The summed E-state index contributed by atoms with van der Waals surface area (Å²) >= 11 is 0. The van der Waals surface area contributed by atoms with Crippen LogP contribution >= 0.6 is 0 Å². The van der Waals surface area contributed by atoms with Crippen LogP contribution in [-0.4, -0.2) is 28.0 Å². The summed E-state index contributed by atoms with van der Waals surface area (Å²) in [7, 11) is 1.52. The minimum absolute atomic E-state index is 0.0895. The van der Waals surface area contributed by atoms with Crippen LogP contribution < -0.4 is 20.2 Å². The van der Waals surface area contributed by atoms with Crippen LogP contribution in [0.15, 0.2) is 78.0 Å². The molecule has 0 unspecified atom stereocenters. The molecule has 0 bridgehead atoms. The standard InChI is InChI=1S/C30H22F2N4O4/c1-39-20-13-23-28(34-14-20)25(10-11-33-23)40-24-9-8-19(12-22(24)32)36-30(38)21-15-35-27(17-2-3-17)26(29(21)37)16-4-6-18(31)7-5-16/h4-15,17H,2-3H2,1H3,(H,35,37)(H,36,38). The third kappa shape index (κ3) is 4.86. The van der Waals surface area contributed by atoms with Crippen LogP contribution in [0.1, 0.15) is 34.8 Å². The van der Waals surface area contributed by atoms with E-state index in [-0.39, 0.29) is 22.9 Å². The number of nitrogens with zero attached hydrogens (tertiary/aromatic N) is 2. The van der Waals surface area contributed by atoms with Gasteiger partial charge in [-0.05, 0) is 48.6 Å². The molecule has 5 aromatic rings. The number of carbonyl (C=O) groups excluding carboxylic acids is 1. The largest absolute Gasteiger partial charge is 0.495 e. The number of halogens is 2. The van der Waals surface area contributed by atoms with Crippen molar-refractivity contribution in [3.8, 4) is 28.4 Å². The normalized spacial score (nSPS) is 12.8. The van der Waals surface area contributed by atoms with Crippen molar-refractivity contribution < 1.29 is 23.0 Å². The number of H-pyrrole nitrogens is 1. The summed E-state index contributed by atoms with van der Waals surface area (Å²) in [5.74, 6) is -0.965. The number of aromatic nitrogens is 3. The Labute approximate surface area is 226 Å². The minimum atomic E-state index is -0.735. The molecule has 0 spiro atoms. The third-order valence-corrected chi connectivity index (χ3v) is 6.64. The minimum Gasteiger partial charge on any atom is -0.495 e. The molecule has 40 heavy (non-hydrogen) atoms. The Morgan fingerprint density at radius 1 is 1.02 bits per heavy atom. The Morgan fingerprint density at radius 2 is 1.82 bits per heavy atom. The van der Waals surface area contributed by atoms with E-state index in [1.807, 2.05) is 0 Å². The molecule has 200 valence electrons. The number of benzene rings is 2. The molecule has 1 fully saturated rings. The number of hydrogen-bond donors (Lipinski definition) is 2. The molecule has 3 heterocycles. The van der Waals surface area contributed by atoms with Crippen molar-refractivity contribution in [1.82, 2.24) is 15.0 Å². The van der Waals surface area contributed by atoms with Gasteiger partial charge in [0.25, 0.3) is 5.91 Å². The second-order valence-electron chi connectivity index (χ2n) is 9.35. The van der Waals surface area contributed by atoms with Crippen LogP contribution in [0.4, 0.5) is 14.5 Å². The summed E-state index contributed by atoms with van der Waals surface area (Å²) in [4.78, 5) is 38.1. The number of carbonyl (C=O) groups is 1. The number of ether oxygens (including phenoxy) is 2. The molecule has 0 saturated heterocycles. The number of nitrogens with one attached hydrogen (secondary N) is 2. The van der Waals surface area contributed by atoms with Crippen LogP contribution in [-0.2, 0) is 0 Å². The first-order valence-electron chi connectivity index (χ1n) is 12.5. The van der Waals surface area contributed by atoms with Gasteiger partial charge in [0.1, 0.15) is 22.6 Å². The molecule has 0 radical (unpaired) electrons. The molecular formula is C30H22F2N4O4. The van der Waals surface area contributed by atoms with E-state index in [9.17, 15) is 14.0 Å². The van der Waals surface area contributed by atoms with Crippen LogP contribution in [0.2, 0.25) is 0 Å². The Bertz CT molecular complexity index is 1820. The molecule has 0 aliphatic heterocycles. The average Bonchev–Trinajstić information content (AvgIpc) is 3.80. The molecule has 1 amide bonds. The van der Waals surface area contributed by atoms with Gasteiger partial charge in [0.2, 0.25) is 5.43 Å². The van der Waals surface area contributed by atoms with Crippen LogP contribution in [0, 0.1) is 11.6 Å². The number of amides is 1. The van der Waals surface area contributed by atoms with E-state index >= 15 is 4.39 Å². The summed E-state index contributed by atoms with van der Waals surface area (Å²) in [5.41, 5.74) is 2.01. The van der Waals surface area contributed by atoms with Gasteiger partial charge in [-0.15, -0.1) is 0 Å². The van der Waals surface area contributed by atoms with Crippen LogP contribution in [0.3, 0.4) is 0 Å². The molecule has 2 aromatic carbocycles. The zero-order valence-electron chi connectivity index (χ0n) is 21.2. The maximum absolute atomic E-state index is 15.0. The Balaban J connectivity index is 1.25. The second kappa shape index (κ2) is 10.2. The van der Waals surface area contributed by atoms with E-state index in [0.29, 0.717) is 33.7 Å². The van der Waals surface area contributed by atoms with Gasteiger partial charge in [-0.25, -0.2) is 13.8 Å². The van der Waals surface area contributed by atoms with Gasteiger partial charge in [0.05, 0.1) is 18.8 Å². The highest BCUT2D eigenvalue weighted by Gasteiger charge is 2.30. The van der Waals surface area contributed by atoms with Crippen LogP contribution in [0.25, 0.3) is 22.2 Å². The SMILES string of the molecule is COc1cnc2c(Oc3ccc(NC(=O)c4c[nH]c(C5CC5)c(-c5ccc(F)cc5)c4=O)cc3F)ccnc2c1. The summed E-state index contributed by atoms with van der Waals surface area (Å²) in [6, 6.07) is 12.7. The molecule has 3 aromatic heterocycles. The van der Waals surface area contributed by atoms with Crippen molar-refractivity contribution in [2.45, 2.75) is 18.8 Å². The van der Waals surface area contributed by atoms with Crippen molar-refractivity contribution in [2.24, 2.45) is 0 Å². The lowest BCUT2D eigenvalue weighted by atomic mass is 9.98. The Hall–Kier alpha value is -5.12. The lowest BCUT2D eigenvalue weighted by Gasteiger charge is -2.13. The van der Waals surface area contributed by atoms with Crippen molar-refractivity contribution in [2.75, 3.05) is 12.4 Å². The van der Waals surface area contributed by atoms with E-state index in [1.54, 1.807) is 12.1 Å². The zero-order valence-corrected chi connectivity index (χ0v) is 21.2. The van der Waals surface area contributed by atoms with Gasteiger partial charge >= 0.3 is 0 Å². The lowest BCUT2D eigenvalue weighted by Crippen LogP contribution is -2.24. The monoisotopic (exact) mass is 540 g/mol. The highest BCUT2D eigenvalue weighted by atomic mass is 19.1. The van der Waals surface area contributed by atoms with E-state index in [4.69, 9.17) is 9.47 Å². The zero-order chi connectivity index (χ0) is 27.8. The first kappa shape index (κ1) is 25.2. The predicted molar refractivity (Wildman–Crippen MR) is 145 cm³/mol. The van der Waals surface area contributed by atoms with E-state index in [1.165, 1.54) is 62.1 Å². The van der Waals surface area contributed by atoms with Gasteiger partial charge in [0.15, 0.2) is 17.3 Å². The van der Waals surface area contributed by atoms with Gasteiger partial charge in [-0.1, -0.05) is 12.1 Å². The van der Waals surface area contributed by atoms with Gasteiger partial charge in [-0.3, -0.25) is 14.6 Å². The summed E-state index contributed by atoms with van der Waals surface area (Å²) in [5, 5.41) is 2.57. The van der Waals surface area contributed by atoms with E-state index in [2.05, 4.69) is 20.3 Å². The fourth-order valence-corrected chi connectivity index (χ4v) is 4.47. The summed E-state index contributed by atoms with van der Waals surface area (Å²) in [6.07, 6.45) is 6.22. The Morgan fingerprint density at radius 3 is 2.55 bits per heavy atom. The smallest absolute Gasteiger partial charge is 0.261 e. The Kier molecular flexibility index (Phi) is 6.43. The summed E-state index contributed by atoms with van der Waals surface area (Å²) < 4.78 is 39.5. The first-order chi connectivity index (χ1) is 19.4. The molecule has 2 N–H and O–H groups in total. The summed E-state index contributed by atoms with van der Waals surface area (Å²) in [6.45, 7) is 0. The fraction of sp³-hybridized carbons (Fsp3) is 0.133. The van der Waals surface area contributed by atoms with Crippen molar-refractivity contribution in [1.29, 1.82) is 0 Å². The quantitative estimate of drug-likeness (QED) is 0.255. The van der Waals surface area contributed by atoms with E-state index < -0.39 is 23.0 Å². The molecule has 1 aliphatic carbocycles. The molecule has 0 atom stereocenters. The van der Waals surface area contributed by atoms with Gasteiger partial charge < -0.3 is 19.8 Å². The maximum atomic E-state index is 15.0. The molecule has 1 saturated carbocycles. The number of fused-ring (bicyclic) bond motifs is 1. The van der Waals surface area contributed by atoms with Crippen molar-refractivity contribution >= 4 is 22.6 Å². The number of methoxy groups -OCH3 is 1. The van der Waals surface area contributed by atoms with Crippen LogP contribution in [0.5, 0.6) is 17.2 Å². The molecular weight excluding hydrogens is 518 g/mol. The molecule has 1 aliphatic rings. The fourth-order valence-electron chi connectivity index (χ4n) is 4.47.